The monoisotopic (exact) mass is 411 g/mol. The first kappa shape index (κ1) is 20.1. The van der Waals surface area contributed by atoms with Crippen molar-refractivity contribution in [3.63, 3.8) is 0 Å². The molecule has 0 amide bonds. The van der Waals surface area contributed by atoms with Crippen LogP contribution in [0.1, 0.15) is 62.3 Å². The highest BCUT2D eigenvalue weighted by Gasteiger charge is 2.49. The number of benzene rings is 1. The van der Waals surface area contributed by atoms with E-state index in [0.717, 1.165) is 6.20 Å². The molecule has 1 N–H and O–H groups in total. The van der Waals surface area contributed by atoms with E-state index in [1.807, 2.05) is 19.9 Å². The number of ketones is 1. The Balaban J connectivity index is 2.09. The first-order valence-electron chi connectivity index (χ1n) is 9.60. The van der Waals surface area contributed by atoms with E-state index in [0.29, 0.717) is 23.3 Å². The quantitative estimate of drug-likeness (QED) is 0.718. The predicted octanol–water partition coefficient (Wildman–Crippen LogP) is 5.40. The van der Waals surface area contributed by atoms with Gasteiger partial charge in [0, 0.05) is 28.8 Å². The molecule has 1 aliphatic carbocycles. The number of Topliss-reactive ketones (excluding diaryl/α,β-unsaturated/α-hetero) is 1. The van der Waals surface area contributed by atoms with Gasteiger partial charge in [-0.3, -0.25) is 4.79 Å². The minimum absolute atomic E-state index is 0.155. The number of halogens is 3. The Morgan fingerprint density at radius 2 is 1.97 bits per heavy atom. The maximum Gasteiger partial charge on any atom is 0.263 e. The Morgan fingerprint density at radius 1 is 1.23 bits per heavy atom. The first-order chi connectivity index (χ1) is 14.1. The van der Waals surface area contributed by atoms with Gasteiger partial charge in [-0.25, -0.2) is 18.2 Å². The van der Waals surface area contributed by atoms with Gasteiger partial charge in [0.25, 0.3) is 6.43 Å². The lowest BCUT2D eigenvalue weighted by molar-refractivity contribution is -0.118. The number of carbonyl (C=O) groups excluding carboxylic acids is 1. The molecule has 4 nitrogen and oxygen atoms in total. The maximum atomic E-state index is 14.6. The molecule has 0 fully saturated rings. The molecule has 0 spiro atoms. The van der Waals surface area contributed by atoms with Crippen molar-refractivity contribution in [2.75, 3.05) is 5.32 Å². The highest BCUT2D eigenvalue weighted by atomic mass is 19.3. The zero-order valence-corrected chi connectivity index (χ0v) is 16.8. The molecule has 1 aliphatic heterocycles. The van der Waals surface area contributed by atoms with Gasteiger partial charge in [0.15, 0.2) is 11.6 Å². The second-order valence-corrected chi connectivity index (χ2v) is 8.79. The number of allylic oxidation sites excluding steroid dienone is 2. The average Bonchev–Trinajstić information content (AvgIpc) is 2.67. The normalized spacial score (nSPS) is 22.3. The number of carbonyl (C=O) groups is 1. The number of hydrogen-bond acceptors (Lipinski definition) is 4. The summed E-state index contributed by atoms with van der Waals surface area (Å²) < 4.78 is 41.4. The van der Waals surface area contributed by atoms with Crippen molar-refractivity contribution in [1.29, 1.82) is 5.26 Å². The molecule has 0 saturated carbocycles. The zero-order valence-electron chi connectivity index (χ0n) is 16.8. The highest BCUT2D eigenvalue weighted by molar-refractivity contribution is 6.03. The Kier molecular flexibility index (Phi) is 4.50. The molecule has 2 heterocycles. The molecule has 2 aliphatic rings. The van der Waals surface area contributed by atoms with Crippen LogP contribution < -0.4 is 5.32 Å². The number of nitrogens with zero attached hydrogens (tertiary/aromatic N) is 2. The number of fused-ring (bicyclic) bond motifs is 1. The smallest absolute Gasteiger partial charge is 0.263 e. The van der Waals surface area contributed by atoms with E-state index >= 15 is 0 Å². The predicted molar refractivity (Wildman–Crippen MR) is 105 cm³/mol. The van der Waals surface area contributed by atoms with Gasteiger partial charge in [-0.05, 0) is 30.4 Å². The number of anilines is 1. The van der Waals surface area contributed by atoms with Gasteiger partial charge in [0.2, 0.25) is 0 Å². The molecule has 0 radical (unpaired) electrons. The van der Waals surface area contributed by atoms with Gasteiger partial charge in [-0.2, -0.15) is 5.26 Å². The van der Waals surface area contributed by atoms with Gasteiger partial charge in [-0.15, -0.1) is 0 Å². The number of alkyl halides is 2. The van der Waals surface area contributed by atoms with Crippen LogP contribution in [0.5, 0.6) is 0 Å². The first-order valence-corrected chi connectivity index (χ1v) is 9.60. The van der Waals surface area contributed by atoms with E-state index in [9.17, 15) is 23.2 Å². The molecule has 0 saturated heterocycles. The number of nitrogens with one attached hydrogen (secondary N) is 1. The van der Waals surface area contributed by atoms with Crippen LogP contribution in [-0.4, -0.2) is 10.8 Å². The molecule has 1 atom stereocenters. The molecule has 154 valence electrons. The molecule has 2 aromatic rings. The molecule has 4 rings (SSSR count). The topological polar surface area (TPSA) is 65.8 Å². The number of rotatable bonds is 2. The maximum absolute atomic E-state index is 14.6. The van der Waals surface area contributed by atoms with Gasteiger partial charge in [0.1, 0.15) is 11.9 Å². The van der Waals surface area contributed by atoms with Crippen LogP contribution in [0.4, 0.5) is 19.0 Å². The summed E-state index contributed by atoms with van der Waals surface area (Å²) in [5.41, 5.74) is -0.445. The highest BCUT2D eigenvalue weighted by Crippen LogP contribution is 2.53. The van der Waals surface area contributed by atoms with E-state index in [2.05, 4.69) is 10.3 Å². The van der Waals surface area contributed by atoms with Crippen LogP contribution in [-0.2, 0) is 10.2 Å². The summed E-state index contributed by atoms with van der Waals surface area (Å²) in [4.78, 5) is 17.4. The molecule has 0 unspecified atom stereocenters. The fraction of sp³-hybridized carbons (Fsp3) is 0.348. The molecule has 30 heavy (non-hydrogen) atoms. The van der Waals surface area contributed by atoms with E-state index in [1.54, 1.807) is 13.0 Å². The number of pyridine rings is 1. The SMILES string of the molecule is CC1(C)CC(=O)C2=C(C1)Nc1ncc(F)c(C#N)c1[C@@]2(C)c1cccc(C(F)F)c1. The largest absolute Gasteiger partial charge is 0.343 e. The number of aromatic nitrogens is 1. The fourth-order valence-corrected chi connectivity index (χ4v) is 4.73. The van der Waals surface area contributed by atoms with Crippen molar-refractivity contribution in [2.24, 2.45) is 5.41 Å². The Morgan fingerprint density at radius 3 is 2.63 bits per heavy atom. The molecular formula is C23H20F3N3O. The average molecular weight is 411 g/mol. The van der Waals surface area contributed by atoms with Crippen LogP contribution in [0.15, 0.2) is 41.7 Å². The third kappa shape index (κ3) is 2.90. The molecule has 0 bridgehead atoms. The van der Waals surface area contributed by atoms with E-state index in [4.69, 9.17) is 0 Å². The molecule has 7 heteroatoms. The van der Waals surface area contributed by atoms with Gasteiger partial charge >= 0.3 is 0 Å². The summed E-state index contributed by atoms with van der Waals surface area (Å²) >= 11 is 0. The Bertz CT molecular complexity index is 1150. The van der Waals surface area contributed by atoms with Crippen LogP contribution in [0.25, 0.3) is 0 Å². The molecule has 1 aromatic heterocycles. The summed E-state index contributed by atoms with van der Waals surface area (Å²) in [6.07, 6.45) is -0.942. The van der Waals surface area contributed by atoms with Crippen molar-refractivity contribution in [1.82, 2.24) is 4.98 Å². The second-order valence-electron chi connectivity index (χ2n) is 8.79. The fourth-order valence-electron chi connectivity index (χ4n) is 4.73. The van der Waals surface area contributed by atoms with Crippen molar-refractivity contribution >= 4 is 11.6 Å². The van der Waals surface area contributed by atoms with Gasteiger partial charge < -0.3 is 5.32 Å². The summed E-state index contributed by atoms with van der Waals surface area (Å²) in [6, 6.07) is 7.62. The lowest BCUT2D eigenvalue weighted by Gasteiger charge is -2.44. The van der Waals surface area contributed by atoms with Crippen LogP contribution >= 0.6 is 0 Å². The Labute approximate surface area is 172 Å². The van der Waals surface area contributed by atoms with Crippen molar-refractivity contribution < 1.29 is 18.0 Å². The van der Waals surface area contributed by atoms with Crippen LogP contribution in [0.3, 0.4) is 0 Å². The van der Waals surface area contributed by atoms with Crippen molar-refractivity contribution in [2.45, 2.75) is 45.5 Å². The van der Waals surface area contributed by atoms with E-state index in [1.165, 1.54) is 18.2 Å². The van der Waals surface area contributed by atoms with Gasteiger partial charge in [-0.1, -0.05) is 32.0 Å². The van der Waals surface area contributed by atoms with Crippen molar-refractivity contribution in [3.05, 3.63) is 69.8 Å². The lowest BCUT2D eigenvalue weighted by atomic mass is 9.61. The number of nitriles is 1. The van der Waals surface area contributed by atoms with Gasteiger partial charge in [0.05, 0.1) is 17.2 Å². The minimum Gasteiger partial charge on any atom is -0.343 e. The molecule has 1 aromatic carbocycles. The van der Waals surface area contributed by atoms with E-state index in [-0.39, 0.29) is 40.1 Å². The summed E-state index contributed by atoms with van der Waals surface area (Å²) in [5.74, 6) is -0.707. The second kappa shape index (κ2) is 6.69. The zero-order chi connectivity index (χ0) is 21.8. The standard InChI is InChI=1S/C23H20F3N3O/c1-22(2)8-16-19(17(30)9-22)23(3,13-6-4-5-12(7-13)20(25)26)18-14(10-27)15(24)11-28-21(18)29-16/h4-7,11,20H,8-9H2,1-3H3,(H,28,29)/t23-/m1/s1. The van der Waals surface area contributed by atoms with Crippen molar-refractivity contribution in [3.8, 4) is 6.07 Å². The van der Waals surface area contributed by atoms with E-state index < -0.39 is 17.7 Å². The number of hydrogen-bond donors (Lipinski definition) is 1. The minimum atomic E-state index is -2.70. The molecular weight excluding hydrogens is 391 g/mol. The third-order valence-corrected chi connectivity index (χ3v) is 6.00. The lowest BCUT2D eigenvalue weighted by Crippen LogP contribution is -2.43. The Hall–Kier alpha value is -3.14. The summed E-state index contributed by atoms with van der Waals surface area (Å²) in [6.45, 7) is 5.63. The third-order valence-electron chi connectivity index (χ3n) is 6.00. The summed E-state index contributed by atoms with van der Waals surface area (Å²) in [7, 11) is 0. The van der Waals surface area contributed by atoms with Crippen LogP contribution in [0.2, 0.25) is 0 Å². The summed E-state index contributed by atoms with van der Waals surface area (Å²) in [5, 5.41) is 12.8. The van der Waals surface area contributed by atoms with Crippen LogP contribution in [0, 0.1) is 22.6 Å².